The average Bonchev–Trinajstić information content (AvgIpc) is 2.88. The van der Waals surface area contributed by atoms with Crippen LogP contribution >= 0.6 is 0 Å². The predicted octanol–water partition coefficient (Wildman–Crippen LogP) is 2.06. The number of rotatable bonds is 4. The van der Waals surface area contributed by atoms with Crippen LogP contribution in [0.25, 0.3) is 0 Å². The third-order valence-corrected chi connectivity index (χ3v) is 2.78. The van der Waals surface area contributed by atoms with E-state index in [2.05, 4.69) is 5.32 Å². The molecule has 0 aliphatic heterocycles. The number of nitrogens with two attached hydrogens (primary N) is 1. The number of hydrogen-bond donors (Lipinski definition) is 3. The second-order valence-corrected chi connectivity index (χ2v) is 4.19. The van der Waals surface area contributed by atoms with Gasteiger partial charge in [-0.3, -0.25) is 4.79 Å². The van der Waals surface area contributed by atoms with Crippen molar-refractivity contribution in [3.8, 4) is 5.75 Å². The zero-order valence-electron chi connectivity index (χ0n) is 10.6. The second kappa shape index (κ2) is 5.48. The Bertz CT molecular complexity index is 590. The first-order valence-corrected chi connectivity index (χ1v) is 6.04. The van der Waals surface area contributed by atoms with Crippen molar-refractivity contribution < 1.29 is 14.3 Å². The number of carbonyl (C=O) groups is 1. The van der Waals surface area contributed by atoms with Gasteiger partial charge in [0.2, 0.25) is 0 Å². The fourth-order valence-electron chi connectivity index (χ4n) is 1.70. The smallest absolute Gasteiger partial charge is 0.287 e. The van der Waals surface area contributed by atoms with Crippen molar-refractivity contribution in [2.24, 2.45) is 0 Å². The van der Waals surface area contributed by atoms with Crippen molar-refractivity contribution >= 4 is 11.6 Å². The largest absolute Gasteiger partial charge is 0.508 e. The second-order valence-electron chi connectivity index (χ2n) is 4.19. The Labute approximate surface area is 111 Å². The summed E-state index contributed by atoms with van der Waals surface area (Å²) in [7, 11) is 0. The minimum atomic E-state index is -0.318. The Hall–Kier alpha value is -2.43. The molecule has 1 amide bonds. The number of hydrogen-bond acceptors (Lipinski definition) is 4. The SMILES string of the molecule is CCc1ccc(C(=O)NCc2cc(N)ccc2O)o1. The molecule has 4 N–H and O–H groups in total. The molecule has 0 saturated heterocycles. The van der Waals surface area contributed by atoms with Gasteiger partial charge in [-0.2, -0.15) is 0 Å². The molecule has 5 heteroatoms. The highest BCUT2D eigenvalue weighted by Crippen LogP contribution is 2.19. The topological polar surface area (TPSA) is 88.5 Å². The number of furan rings is 1. The minimum Gasteiger partial charge on any atom is -0.508 e. The van der Waals surface area contributed by atoms with Crippen molar-refractivity contribution in [3.63, 3.8) is 0 Å². The van der Waals surface area contributed by atoms with Crippen LogP contribution in [-0.4, -0.2) is 11.0 Å². The zero-order valence-corrected chi connectivity index (χ0v) is 10.6. The summed E-state index contributed by atoms with van der Waals surface area (Å²) in [4.78, 5) is 11.8. The first-order valence-electron chi connectivity index (χ1n) is 6.04. The summed E-state index contributed by atoms with van der Waals surface area (Å²) in [6.45, 7) is 2.14. The molecule has 0 aliphatic carbocycles. The molecule has 100 valence electrons. The van der Waals surface area contributed by atoms with Crippen LogP contribution < -0.4 is 11.1 Å². The Balaban J connectivity index is 2.02. The third kappa shape index (κ3) is 3.07. The van der Waals surface area contributed by atoms with E-state index in [1.807, 2.05) is 6.92 Å². The van der Waals surface area contributed by atoms with Gasteiger partial charge in [0.25, 0.3) is 5.91 Å². The Morgan fingerprint density at radius 2 is 2.16 bits per heavy atom. The maximum Gasteiger partial charge on any atom is 0.287 e. The van der Waals surface area contributed by atoms with Gasteiger partial charge < -0.3 is 20.6 Å². The molecule has 0 atom stereocenters. The monoisotopic (exact) mass is 260 g/mol. The van der Waals surface area contributed by atoms with Crippen LogP contribution in [0, 0.1) is 0 Å². The van der Waals surface area contributed by atoms with Crippen LogP contribution in [0.1, 0.15) is 28.8 Å². The number of amides is 1. The quantitative estimate of drug-likeness (QED) is 0.580. The van der Waals surface area contributed by atoms with Gasteiger partial charge in [-0.25, -0.2) is 0 Å². The number of aryl methyl sites for hydroxylation is 1. The van der Waals surface area contributed by atoms with Crippen molar-refractivity contribution in [1.82, 2.24) is 5.32 Å². The molecule has 1 heterocycles. The number of benzene rings is 1. The molecule has 0 spiro atoms. The third-order valence-electron chi connectivity index (χ3n) is 2.78. The summed E-state index contributed by atoms with van der Waals surface area (Å²) in [5, 5.41) is 12.3. The molecule has 0 saturated carbocycles. The highest BCUT2D eigenvalue weighted by molar-refractivity contribution is 5.91. The fourth-order valence-corrected chi connectivity index (χ4v) is 1.70. The molecule has 19 heavy (non-hydrogen) atoms. The molecule has 0 bridgehead atoms. The molecule has 0 fully saturated rings. The van der Waals surface area contributed by atoms with E-state index in [1.54, 1.807) is 24.3 Å². The number of phenolic OH excluding ortho intramolecular Hbond substituents is 1. The number of aromatic hydroxyl groups is 1. The Kier molecular flexibility index (Phi) is 3.75. The van der Waals surface area contributed by atoms with Crippen molar-refractivity contribution in [2.75, 3.05) is 5.73 Å². The predicted molar refractivity (Wildman–Crippen MR) is 71.8 cm³/mol. The molecular weight excluding hydrogens is 244 g/mol. The molecular formula is C14H16N2O3. The van der Waals surface area contributed by atoms with Crippen molar-refractivity contribution in [3.05, 3.63) is 47.4 Å². The van der Waals surface area contributed by atoms with E-state index < -0.39 is 0 Å². The Morgan fingerprint density at radius 3 is 2.84 bits per heavy atom. The molecule has 1 aromatic carbocycles. The van der Waals surface area contributed by atoms with Gasteiger partial charge in [-0.05, 0) is 30.3 Å². The molecule has 5 nitrogen and oxygen atoms in total. The van der Waals surface area contributed by atoms with Crippen LogP contribution in [0.2, 0.25) is 0 Å². The van der Waals surface area contributed by atoms with Crippen LogP contribution in [0.5, 0.6) is 5.75 Å². The van der Waals surface area contributed by atoms with E-state index in [0.29, 0.717) is 11.3 Å². The lowest BCUT2D eigenvalue weighted by molar-refractivity contribution is 0.0921. The van der Waals surface area contributed by atoms with Gasteiger partial charge in [-0.1, -0.05) is 6.92 Å². The van der Waals surface area contributed by atoms with Gasteiger partial charge >= 0.3 is 0 Å². The molecule has 1 aromatic heterocycles. The normalized spacial score (nSPS) is 10.4. The first kappa shape index (κ1) is 13.0. The van der Waals surface area contributed by atoms with E-state index in [4.69, 9.17) is 10.2 Å². The first-order chi connectivity index (χ1) is 9.10. The van der Waals surface area contributed by atoms with Crippen LogP contribution in [0.4, 0.5) is 5.69 Å². The van der Waals surface area contributed by atoms with E-state index in [9.17, 15) is 9.90 Å². The van der Waals surface area contributed by atoms with Crippen LogP contribution in [-0.2, 0) is 13.0 Å². The highest BCUT2D eigenvalue weighted by atomic mass is 16.3. The number of carbonyl (C=O) groups excluding carboxylic acids is 1. The Morgan fingerprint density at radius 1 is 1.37 bits per heavy atom. The summed E-state index contributed by atoms with van der Waals surface area (Å²) in [6.07, 6.45) is 0.739. The molecule has 0 radical (unpaired) electrons. The molecule has 0 unspecified atom stereocenters. The summed E-state index contributed by atoms with van der Waals surface area (Å²) < 4.78 is 5.34. The van der Waals surface area contributed by atoms with Crippen molar-refractivity contribution in [2.45, 2.75) is 19.9 Å². The molecule has 2 rings (SSSR count). The number of phenols is 1. The summed E-state index contributed by atoms with van der Waals surface area (Å²) >= 11 is 0. The fraction of sp³-hybridized carbons (Fsp3) is 0.214. The summed E-state index contributed by atoms with van der Waals surface area (Å²) in [5.41, 5.74) is 6.72. The van der Waals surface area contributed by atoms with Crippen LogP contribution in [0.3, 0.4) is 0 Å². The van der Waals surface area contributed by atoms with E-state index in [-0.39, 0.29) is 24.0 Å². The average molecular weight is 260 g/mol. The van der Waals surface area contributed by atoms with Gasteiger partial charge in [0.1, 0.15) is 11.5 Å². The van der Waals surface area contributed by atoms with Crippen molar-refractivity contribution in [1.29, 1.82) is 0 Å². The van der Waals surface area contributed by atoms with E-state index >= 15 is 0 Å². The van der Waals surface area contributed by atoms with Gasteiger partial charge in [0.15, 0.2) is 5.76 Å². The zero-order chi connectivity index (χ0) is 13.8. The molecule has 0 aliphatic rings. The minimum absolute atomic E-state index is 0.100. The maximum atomic E-state index is 11.8. The standard InChI is InChI=1S/C14H16N2O3/c1-2-11-4-6-13(19-11)14(18)16-8-9-7-10(15)3-5-12(9)17/h3-7,17H,2,8,15H2,1H3,(H,16,18). The lowest BCUT2D eigenvalue weighted by atomic mass is 10.2. The summed E-state index contributed by atoms with van der Waals surface area (Å²) in [6, 6.07) is 8.12. The summed E-state index contributed by atoms with van der Waals surface area (Å²) in [5.74, 6) is 0.807. The highest BCUT2D eigenvalue weighted by Gasteiger charge is 2.11. The van der Waals surface area contributed by atoms with Crippen LogP contribution in [0.15, 0.2) is 34.7 Å². The number of nitrogen functional groups attached to an aromatic ring is 1. The van der Waals surface area contributed by atoms with Gasteiger partial charge in [0, 0.05) is 24.2 Å². The molecule has 2 aromatic rings. The van der Waals surface area contributed by atoms with E-state index in [0.717, 1.165) is 12.2 Å². The lowest BCUT2D eigenvalue weighted by Gasteiger charge is -2.06. The number of anilines is 1. The maximum absolute atomic E-state index is 11.8. The van der Waals surface area contributed by atoms with E-state index in [1.165, 1.54) is 6.07 Å². The number of nitrogens with one attached hydrogen (secondary N) is 1. The van der Waals surface area contributed by atoms with Gasteiger partial charge in [-0.15, -0.1) is 0 Å². The lowest BCUT2D eigenvalue weighted by Crippen LogP contribution is -2.22. The van der Waals surface area contributed by atoms with Gasteiger partial charge in [0.05, 0.1) is 0 Å².